The molecular formula is C27H23N5O. The first-order valence-corrected chi connectivity index (χ1v) is 10.8. The second-order valence-corrected chi connectivity index (χ2v) is 7.96. The lowest BCUT2D eigenvalue weighted by Gasteiger charge is -2.09. The summed E-state index contributed by atoms with van der Waals surface area (Å²) in [5.74, 6) is 0.723. The lowest BCUT2D eigenvalue weighted by atomic mass is 10.0. The molecule has 2 heterocycles. The summed E-state index contributed by atoms with van der Waals surface area (Å²) < 4.78 is 1.37. The van der Waals surface area contributed by atoms with Gasteiger partial charge in [0.2, 0.25) is 5.95 Å². The Bertz CT molecular complexity index is 1400. The van der Waals surface area contributed by atoms with Gasteiger partial charge in [-0.2, -0.15) is 9.67 Å². The molecule has 1 N–H and O–H groups in total. The van der Waals surface area contributed by atoms with E-state index in [1.807, 2.05) is 54.6 Å². The smallest absolute Gasteiger partial charge is 0.254 e. The van der Waals surface area contributed by atoms with Crippen LogP contribution in [0.2, 0.25) is 0 Å². The highest BCUT2D eigenvalue weighted by atomic mass is 16.2. The van der Waals surface area contributed by atoms with Gasteiger partial charge in [0.1, 0.15) is 0 Å². The monoisotopic (exact) mass is 433 g/mol. The summed E-state index contributed by atoms with van der Waals surface area (Å²) in [6.45, 7) is 2.59. The maximum atomic E-state index is 13.4. The van der Waals surface area contributed by atoms with Crippen molar-refractivity contribution >= 4 is 22.6 Å². The number of nitrogens with one attached hydrogen (secondary N) is 1. The Morgan fingerprint density at radius 2 is 1.76 bits per heavy atom. The Morgan fingerprint density at radius 3 is 2.58 bits per heavy atom. The van der Waals surface area contributed by atoms with Crippen LogP contribution in [0.15, 0.2) is 91.3 Å². The number of anilines is 1. The molecule has 0 aliphatic carbocycles. The standard InChI is InChI=1S/C27H23N5O/c1-19-11-13-20(14-12-19)17-29-27-30-26(23-9-5-15-28-18-23)31-32(27)25(33)16-22-8-4-7-21-6-2-3-10-24(21)22/h2-15,18H,16-17H2,1H3,(H,29,30,31). The molecule has 0 saturated heterocycles. The van der Waals surface area contributed by atoms with Crippen LogP contribution in [0.3, 0.4) is 0 Å². The second kappa shape index (κ2) is 9.04. The summed E-state index contributed by atoms with van der Waals surface area (Å²) in [5.41, 5.74) is 4.01. The van der Waals surface area contributed by atoms with E-state index in [9.17, 15) is 4.79 Å². The minimum atomic E-state index is -0.152. The number of hydrogen-bond acceptors (Lipinski definition) is 5. The van der Waals surface area contributed by atoms with Gasteiger partial charge in [-0.3, -0.25) is 9.78 Å². The van der Waals surface area contributed by atoms with Crippen molar-refractivity contribution in [2.45, 2.75) is 19.9 Å². The molecule has 0 atom stereocenters. The van der Waals surface area contributed by atoms with E-state index in [2.05, 4.69) is 51.6 Å². The average Bonchev–Trinajstić information content (AvgIpc) is 3.29. The minimum absolute atomic E-state index is 0.152. The summed E-state index contributed by atoms with van der Waals surface area (Å²) >= 11 is 0. The third-order valence-corrected chi connectivity index (χ3v) is 5.56. The van der Waals surface area contributed by atoms with Crippen LogP contribution >= 0.6 is 0 Å². The topological polar surface area (TPSA) is 72.7 Å². The number of nitrogens with zero attached hydrogens (tertiary/aromatic N) is 4. The molecule has 6 heteroatoms. The predicted octanol–water partition coefficient (Wildman–Crippen LogP) is 5.30. The zero-order chi connectivity index (χ0) is 22.6. The number of fused-ring (bicyclic) bond motifs is 1. The third-order valence-electron chi connectivity index (χ3n) is 5.56. The second-order valence-electron chi connectivity index (χ2n) is 7.96. The summed E-state index contributed by atoms with van der Waals surface area (Å²) in [6, 6.07) is 26.0. The van der Waals surface area contributed by atoms with E-state index >= 15 is 0 Å². The van der Waals surface area contributed by atoms with Crippen LogP contribution in [0.5, 0.6) is 0 Å². The molecule has 3 aromatic carbocycles. The molecule has 0 radical (unpaired) electrons. The van der Waals surface area contributed by atoms with Gasteiger partial charge in [0.05, 0.1) is 6.42 Å². The van der Waals surface area contributed by atoms with Crippen LogP contribution in [0, 0.1) is 6.92 Å². The highest BCUT2D eigenvalue weighted by molar-refractivity contribution is 5.91. The number of carbonyl (C=O) groups excluding carboxylic acids is 1. The average molecular weight is 434 g/mol. The van der Waals surface area contributed by atoms with Gasteiger partial charge < -0.3 is 5.32 Å². The van der Waals surface area contributed by atoms with Gasteiger partial charge in [-0.15, -0.1) is 5.10 Å². The molecule has 0 bridgehead atoms. The zero-order valence-corrected chi connectivity index (χ0v) is 18.3. The number of pyridine rings is 1. The van der Waals surface area contributed by atoms with Crippen molar-refractivity contribution in [3.8, 4) is 11.4 Å². The predicted molar refractivity (Wildman–Crippen MR) is 130 cm³/mol. The molecule has 5 aromatic rings. The quantitative estimate of drug-likeness (QED) is 0.394. The summed E-state index contributed by atoms with van der Waals surface area (Å²) in [5, 5.41) is 10.00. The van der Waals surface area contributed by atoms with E-state index in [0.717, 1.165) is 27.5 Å². The molecule has 0 saturated carbocycles. The van der Waals surface area contributed by atoms with Crippen molar-refractivity contribution in [3.05, 3.63) is 108 Å². The van der Waals surface area contributed by atoms with Gasteiger partial charge >= 0.3 is 0 Å². The van der Waals surface area contributed by atoms with Gasteiger partial charge in [-0.25, -0.2) is 0 Å². The Morgan fingerprint density at radius 1 is 0.939 bits per heavy atom. The highest BCUT2D eigenvalue weighted by Gasteiger charge is 2.18. The summed E-state index contributed by atoms with van der Waals surface area (Å²) in [6.07, 6.45) is 3.61. The van der Waals surface area contributed by atoms with Crippen LogP contribution in [0.1, 0.15) is 21.5 Å². The van der Waals surface area contributed by atoms with Crippen LogP contribution < -0.4 is 5.32 Å². The third kappa shape index (κ3) is 4.50. The van der Waals surface area contributed by atoms with Crippen molar-refractivity contribution in [1.29, 1.82) is 0 Å². The maximum absolute atomic E-state index is 13.4. The molecule has 5 rings (SSSR count). The zero-order valence-electron chi connectivity index (χ0n) is 18.3. The molecule has 162 valence electrons. The first kappa shape index (κ1) is 20.6. The van der Waals surface area contributed by atoms with Crippen molar-refractivity contribution in [2.24, 2.45) is 0 Å². The van der Waals surface area contributed by atoms with E-state index in [1.54, 1.807) is 12.4 Å². The molecule has 6 nitrogen and oxygen atoms in total. The Kier molecular flexibility index (Phi) is 5.64. The lowest BCUT2D eigenvalue weighted by molar-refractivity contribution is 0.0901. The number of benzene rings is 3. The van der Waals surface area contributed by atoms with Crippen molar-refractivity contribution in [1.82, 2.24) is 19.7 Å². The number of carbonyl (C=O) groups is 1. The SMILES string of the molecule is Cc1ccc(CNc2nc(-c3cccnc3)nn2C(=O)Cc2cccc3ccccc23)cc1. The first-order valence-electron chi connectivity index (χ1n) is 10.8. The fourth-order valence-corrected chi connectivity index (χ4v) is 3.79. The Hall–Kier alpha value is -4.32. The van der Waals surface area contributed by atoms with Crippen LogP contribution in [-0.4, -0.2) is 25.7 Å². The normalized spacial score (nSPS) is 10.9. The van der Waals surface area contributed by atoms with E-state index in [1.165, 1.54) is 10.2 Å². The molecule has 2 aromatic heterocycles. The van der Waals surface area contributed by atoms with Crippen molar-refractivity contribution in [2.75, 3.05) is 5.32 Å². The molecular weight excluding hydrogens is 410 g/mol. The van der Waals surface area contributed by atoms with Gasteiger partial charge in [0.25, 0.3) is 5.91 Å². The van der Waals surface area contributed by atoms with Crippen LogP contribution in [0.25, 0.3) is 22.2 Å². The molecule has 0 fully saturated rings. The molecule has 0 amide bonds. The van der Waals surface area contributed by atoms with Crippen molar-refractivity contribution < 1.29 is 4.79 Å². The fourth-order valence-electron chi connectivity index (χ4n) is 3.79. The van der Waals surface area contributed by atoms with E-state index in [0.29, 0.717) is 18.3 Å². The Labute approximate surface area is 192 Å². The molecule has 33 heavy (non-hydrogen) atoms. The highest BCUT2D eigenvalue weighted by Crippen LogP contribution is 2.22. The lowest BCUT2D eigenvalue weighted by Crippen LogP contribution is -2.18. The summed E-state index contributed by atoms with van der Waals surface area (Å²) in [4.78, 5) is 22.2. The van der Waals surface area contributed by atoms with Gasteiger partial charge in [0.15, 0.2) is 5.82 Å². The van der Waals surface area contributed by atoms with Crippen LogP contribution in [-0.2, 0) is 13.0 Å². The summed E-state index contributed by atoms with van der Waals surface area (Å²) in [7, 11) is 0. The van der Waals surface area contributed by atoms with E-state index in [4.69, 9.17) is 0 Å². The van der Waals surface area contributed by atoms with Gasteiger partial charge in [-0.1, -0.05) is 72.3 Å². The van der Waals surface area contributed by atoms with Gasteiger partial charge in [-0.05, 0) is 41.0 Å². The van der Waals surface area contributed by atoms with E-state index < -0.39 is 0 Å². The Balaban J connectivity index is 1.47. The molecule has 0 aliphatic heterocycles. The largest absolute Gasteiger partial charge is 0.350 e. The fraction of sp³-hybridized carbons (Fsp3) is 0.111. The molecule has 0 unspecified atom stereocenters. The van der Waals surface area contributed by atoms with Gasteiger partial charge in [0, 0.05) is 24.5 Å². The van der Waals surface area contributed by atoms with E-state index in [-0.39, 0.29) is 12.3 Å². The van der Waals surface area contributed by atoms with Crippen LogP contribution in [0.4, 0.5) is 5.95 Å². The van der Waals surface area contributed by atoms with Crippen molar-refractivity contribution in [3.63, 3.8) is 0 Å². The molecule has 0 aliphatic rings. The number of rotatable bonds is 6. The maximum Gasteiger partial charge on any atom is 0.254 e. The number of aryl methyl sites for hydroxylation is 1. The first-order chi connectivity index (χ1) is 16.2. The number of hydrogen-bond donors (Lipinski definition) is 1. The molecule has 0 spiro atoms. The number of aromatic nitrogens is 4. The minimum Gasteiger partial charge on any atom is -0.350 e.